The Labute approximate surface area is 144 Å². The Morgan fingerprint density at radius 3 is 2.58 bits per heavy atom. The van der Waals surface area contributed by atoms with E-state index in [0.29, 0.717) is 12.0 Å². The van der Waals surface area contributed by atoms with E-state index >= 15 is 0 Å². The lowest BCUT2D eigenvalue weighted by Crippen LogP contribution is -2.22. The number of nitrogens with zero attached hydrogens (tertiary/aromatic N) is 2. The average Bonchev–Trinajstić information content (AvgIpc) is 3.17. The Morgan fingerprint density at radius 1 is 1.21 bits per heavy atom. The predicted octanol–water partition coefficient (Wildman–Crippen LogP) is 4.92. The van der Waals surface area contributed by atoms with Crippen LogP contribution in [0.2, 0.25) is 0 Å². The molecule has 1 saturated heterocycles. The van der Waals surface area contributed by atoms with Crippen LogP contribution in [0.1, 0.15) is 69.5 Å². The normalized spacial score (nSPS) is 18.7. The maximum absolute atomic E-state index is 5.72. The van der Waals surface area contributed by atoms with Gasteiger partial charge in [0.05, 0.1) is 17.8 Å². The highest BCUT2D eigenvalue weighted by Crippen LogP contribution is 2.34. The van der Waals surface area contributed by atoms with Crippen molar-refractivity contribution in [2.24, 2.45) is 0 Å². The monoisotopic (exact) mass is 328 g/mol. The van der Waals surface area contributed by atoms with E-state index in [9.17, 15) is 0 Å². The molecule has 1 fully saturated rings. The second kappa shape index (κ2) is 7.39. The third-order valence-corrected chi connectivity index (χ3v) is 4.51. The molecule has 0 spiro atoms. The Hall–Kier alpha value is -1.81. The average molecular weight is 328 g/mol. The second-order valence-corrected chi connectivity index (χ2v) is 7.25. The van der Waals surface area contributed by atoms with Crippen LogP contribution >= 0.6 is 0 Å². The molecule has 2 aromatic rings. The fourth-order valence-electron chi connectivity index (χ4n) is 3.25. The van der Waals surface area contributed by atoms with E-state index in [4.69, 9.17) is 9.26 Å². The maximum Gasteiger partial charge on any atom is 0.154 e. The van der Waals surface area contributed by atoms with Crippen molar-refractivity contribution in [1.82, 2.24) is 10.1 Å². The fraction of sp³-hybridized carbons (Fsp3) is 0.550. The Bertz CT molecular complexity index is 646. The van der Waals surface area contributed by atoms with Crippen molar-refractivity contribution in [2.45, 2.75) is 65.1 Å². The molecule has 4 nitrogen and oxygen atoms in total. The van der Waals surface area contributed by atoms with E-state index in [-0.39, 0.29) is 6.10 Å². The van der Waals surface area contributed by atoms with Gasteiger partial charge < -0.3 is 9.26 Å². The molecule has 0 radical (unpaired) electrons. The molecular weight excluding hydrogens is 300 g/mol. The van der Waals surface area contributed by atoms with Gasteiger partial charge in [0.25, 0.3) is 0 Å². The van der Waals surface area contributed by atoms with Crippen LogP contribution in [-0.2, 0) is 6.54 Å². The molecule has 1 aromatic carbocycles. The van der Waals surface area contributed by atoms with Crippen LogP contribution in [-0.4, -0.2) is 22.7 Å². The highest BCUT2D eigenvalue weighted by atomic mass is 16.5. The zero-order valence-electron chi connectivity index (χ0n) is 15.2. The van der Waals surface area contributed by atoms with Crippen molar-refractivity contribution in [3.05, 3.63) is 47.3 Å². The second-order valence-electron chi connectivity index (χ2n) is 7.25. The summed E-state index contributed by atoms with van der Waals surface area (Å²) < 4.78 is 11.3. The van der Waals surface area contributed by atoms with Crippen LogP contribution in [0.3, 0.4) is 0 Å². The molecular formula is C20H28N2O2. The van der Waals surface area contributed by atoms with Crippen LogP contribution in [0, 0.1) is 0 Å². The topological polar surface area (TPSA) is 38.5 Å². The molecule has 0 bridgehead atoms. The molecule has 0 N–H and O–H groups in total. The van der Waals surface area contributed by atoms with Crippen molar-refractivity contribution in [2.75, 3.05) is 6.54 Å². The van der Waals surface area contributed by atoms with E-state index in [0.717, 1.165) is 36.7 Å². The highest BCUT2D eigenvalue weighted by Gasteiger charge is 2.29. The van der Waals surface area contributed by atoms with Gasteiger partial charge in [0.15, 0.2) is 5.76 Å². The zero-order chi connectivity index (χ0) is 17.1. The molecule has 1 aromatic heterocycles. The molecule has 1 aliphatic heterocycles. The van der Waals surface area contributed by atoms with Gasteiger partial charge in [-0.1, -0.05) is 31.1 Å². The molecule has 24 heavy (non-hydrogen) atoms. The molecule has 0 amide bonds. The SMILES string of the molecule is CC(C)Oc1ccc(CN2CCC[C@@H]2c2cc(C(C)C)no2)cc1. The summed E-state index contributed by atoms with van der Waals surface area (Å²) in [6.45, 7) is 10.4. The smallest absolute Gasteiger partial charge is 0.154 e. The van der Waals surface area contributed by atoms with Crippen molar-refractivity contribution in [1.29, 1.82) is 0 Å². The molecule has 1 atom stereocenters. The minimum Gasteiger partial charge on any atom is -0.491 e. The van der Waals surface area contributed by atoms with Crippen LogP contribution in [0.5, 0.6) is 5.75 Å². The molecule has 1 aliphatic rings. The zero-order valence-corrected chi connectivity index (χ0v) is 15.2. The first kappa shape index (κ1) is 17.0. The third kappa shape index (κ3) is 3.99. The van der Waals surface area contributed by atoms with Crippen LogP contribution in [0.4, 0.5) is 0 Å². The Balaban J connectivity index is 1.67. The van der Waals surface area contributed by atoms with Gasteiger partial charge in [-0.15, -0.1) is 0 Å². The first-order valence-electron chi connectivity index (χ1n) is 8.99. The Morgan fingerprint density at radius 2 is 1.96 bits per heavy atom. The minimum atomic E-state index is 0.209. The summed E-state index contributed by atoms with van der Waals surface area (Å²) in [5.41, 5.74) is 2.36. The summed E-state index contributed by atoms with van der Waals surface area (Å²) >= 11 is 0. The lowest BCUT2D eigenvalue weighted by Gasteiger charge is -2.22. The third-order valence-electron chi connectivity index (χ3n) is 4.51. The highest BCUT2D eigenvalue weighted by molar-refractivity contribution is 5.27. The molecule has 0 saturated carbocycles. The Kier molecular flexibility index (Phi) is 5.24. The number of benzene rings is 1. The quantitative estimate of drug-likeness (QED) is 0.754. The number of ether oxygens (including phenoxy) is 1. The molecule has 3 rings (SSSR count). The van der Waals surface area contributed by atoms with E-state index in [1.54, 1.807) is 0 Å². The molecule has 4 heteroatoms. The van der Waals surface area contributed by atoms with Gasteiger partial charge in [0, 0.05) is 12.6 Å². The summed E-state index contributed by atoms with van der Waals surface area (Å²) in [7, 11) is 0. The number of likely N-dealkylation sites (tertiary alicyclic amines) is 1. The van der Waals surface area contributed by atoms with E-state index in [1.165, 1.54) is 12.0 Å². The van der Waals surface area contributed by atoms with E-state index < -0.39 is 0 Å². The predicted molar refractivity (Wildman–Crippen MR) is 95.2 cm³/mol. The van der Waals surface area contributed by atoms with Crippen LogP contribution in [0.25, 0.3) is 0 Å². The minimum absolute atomic E-state index is 0.209. The standard InChI is InChI=1S/C20H28N2O2/c1-14(2)18-12-20(24-21-18)19-6-5-11-22(19)13-16-7-9-17(10-8-16)23-15(3)4/h7-10,12,14-15,19H,5-6,11,13H2,1-4H3/t19-/m1/s1. The number of rotatable bonds is 6. The van der Waals surface area contributed by atoms with Gasteiger partial charge in [0.2, 0.25) is 0 Å². The first-order valence-corrected chi connectivity index (χ1v) is 8.99. The number of hydrogen-bond acceptors (Lipinski definition) is 4. The van der Waals surface area contributed by atoms with Gasteiger partial charge in [0.1, 0.15) is 5.75 Å². The van der Waals surface area contributed by atoms with Crippen molar-refractivity contribution in [3.63, 3.8) is 0 Å². The van der Waals surface area contributed by atoms with Crippen molar-refractivity contribution < 1.29 is 9.26 Å². The largest absolute Gasteiger partial charge is 0.491 e. The van der Waals surface area contributed by atoms with Crippen molar-refractivity contribution in [3.8, 4) is 5.75 Å². The lowest BCUT2D eigenvalue weighted by atomic mass is 10.1. The van der Waals surface area contributed by atoms with Crippen LogP contribution < -0.4 is 4.74 Å². The van der Waals surface area contributed by atoms with Gasteiger partial charge in [-0.2, -0.15) is 0 Å². The van der Waals surface area contributed by atoms with E-state index in [2.05, 4.69) is 54.2 Å². The van der Waals surface area contributed by atoms with Gasteiger partial charge in [-0.3, -0.25) is 4.90 Å². The summed E-state index contributed by atoms with van der Waals surface area (Å²) in [6.07, 6.45) is 2.55. The summed E-state index contributed by atoms with van der Waals surface area (Å²) in [4.78, 5) is 2.49. The molecule has 0 unspecified atom stereocenters. The summed E-state index contributed by atoms with van der Waals surface area (Å²) in [6, 6.07) is 10.9. The van der Waals surface area contributed by atoms with E-state index in [1.807, 2.05) is 13.8 Å². The maximum atomic E-state index is 5.72. The molecule has 0 aliphatic carbocycles. The number of hydrogen-bond donors (Lipinski definition) is 0. The summed E-state index contributed by atoms with van der Waals surface area (Å²) in [5, 5.41) is 4.22. The molecule has 130 valence electrons. The summed E-state index contributed by atoms with van der Waals surface area (Å²) in [5.74, 6) is 2.35. The molecule has 2 heterocycles. The van der Waals surface area contributed by atoms with Gasteiger partial charge in [-0.25, -0.2) is 0 Å². The van der Waals surface area contributed by atoms with Crippen LogP contribution in [0.15, 0.2) is 34.9 Å². The fourth-order valence-corrected chi connectivity index (χ4v) is 3.25. The first-order chi connectivity index (χ1) is 11.5. The van der Waals surface area contributed by atoms with Gasteiger partial charge >= 0.3 is 0 Å². The lowest BCUT2D eigenvalue weighted by molar-refractivity contribution is 0.206. The number of aromatic nitrogens is 1. The van der Waals surface area contributed by atoms with Gasteiger partial charge in [-0.05, 0) is 56.8 Å². The van der Waals surface area contributed by atoms with Crippen molar-refractivity contribution >= 4 is 0 Å².